The molecule has 0 aliphatic heterocycles. The van der Waals surface area contributed by atoms with Crippen molar-refractivity contribution in [1.82, 2.24) is 0 Å². The van der Waals surface area contributed by atoms with E-state index in [2.05, 4.69) is 10.0 Å². The number of ether oxygens (including phenoxy) is 1. The standard InChI is InChI=1S/C22H19ClN2O5S/c1-2-30-22(27)24-17-9-11-18(12-10-17)31(28,29)25-20-13-8-16(23)14-19(20)21(26)15-6-4-3-5-7-15/h3-14,25H,2H2,1H3,(H,24,27). The Morgan fingerprint density at radius 1 is 0.968 bits per heavy atom. The van der Waals surface area contributed by atoms with Crippen molar-refractivity contribution in [2.24, 2.45) is 0 Å². The lowest BCUT2D eigenvalue weighted by molar-refractivity contribution is 0.103. The van der Waals surface area contributed by atoms with Crippen molar-refractivity contribution < 1.29 is 22.7 Å². The second-order valence-electron chi connectivity index (χ2n) is 6.36. The molecule has 0 heterocycles. The Morgan fingerprint density at radius 2 is 1.65 bits per heavy atom. The minimum Gasteiger partial charge on any atom is -0.450 e. The molecule has 9 heteroatoms. The van der Waals surface area contributed by atoms with Crippen LogP contribution in [0.5, 0.6) is 0 Å². The molecule has 0 aliphatic carbocycles. The maximum Gasteiger partial charge on any atom is 0.411 e. The highest BCUT2D eigenvalue weighted by atomic mass is 35.5. The number of carbonyl (C=O) groups excluding carboxylic acids is 2. The van der Waals surface area contributed by atoms with Crippen LogP contribution >= 0.6 is 11.6 Å². The Kier molecular flexibility index (Phi) is 6.94. The number of hydrogen-bond donors (Lipinski definition) is 2. The number of carbonyl (C=O) groups is 2. The first-order valence-electron chi connectivity index (χ1n) is 9.26. The van der Waals surface area contributed by atoms with E-state index in [4.69, 9.17) is 16.3 Å². The number of ketones is 1. The maximum atomic E-state index is 12.9. The minimum atomic E-state index is -4.01. The zero-order valence-electron chi connectivity index (χ0n) is 16.5. The predicted molar refractivity (Wildman–Crippen MR) is 119 cm³/mol. The fourth-order valence-electron chi connectivity index (χ4n) is 2.74. The van der Waals surface area contributed by atoms with Gasteiger partial charge in [0.25, 0.3) is 10.0 Å². The molecule has 3 aromatic carbocycles. The number of benzene rings is 3. The van der Waals surface area contributed by atoms with Gasteiger partial charge in [-0.1, -0.05) is 41.9 Å². The topological polar surface area (TPSA) is 102 Å². The van der Waals surface area contributed by atoms with Crippen molar-refractivity contribution in [2.45, 2.75) is 11.8 Å². The van der Waals surface area contributed by atoms with Crippen molar-refractivity contribution in [3.63, 3.8) is 0 Å². The summed E-state index contributed by atoms with van der Waals surface area (Å²) in [6.07, 6.45) is -0.638. The molecule has 0 spiro atoms. The molecule has 3 aromatic rings. The summed E-state index contributed by atoms with van der Waals surface area (Å²) in [5.41, 5.74) is 1.01. The van der Waals surface area contributed by atoms with Gasteiger partial charge in [0.05, 0.1) is 17.2 Å². The predicted octanol–water partition coefficient (Wildman–Crippen LogP) is 4.94. The molecule has 3 rings (SSSR count). The lowest BCUT2D eigenvalue weighted by Gasteiger charge is -2.13. The van der Waals surface area contributed by atoms with Crippen molar-refractivity contribution in [1.29, 1.82) is 0 Å². The lowest BCUT2D eigenvalue weighted by Crippen LogP contribution is -2.16. The maximum absolute atomic E-state index is 12.9. The van der Waals surface area contributed by atoms with Gasteiger partial charge in [-0.3, -0.25) is 14.8 Å². The van der Waals surface area contributed by atoms with Crippen LogP contribution in [-0.4, -0.2) is 26.9 Å². The first kappa shape index (κ1) is 22.3. The van der Waals surface area contributed by atoms with Gasteiger partial charge in [-0.25, -0.2) is 13.2 Å². The molecule has 7 nitrogen and oxygen atoms in total. The molecule has 0 aromatic heterocycles. The Bertz CT molecular complexity index is 1200. The Hall–Kier alpha value is -3.36. The van der Waals surface area contributed by atoms with Crippen molar-refractivity contribution >= 4 is 44.9 Å². The van der Waals surface area contributed by atoms with Crippen molar-refractivity contribution in [2.75, 3.05) is 16.6 Å². The van der Waals surface area contributed by atoms with Gasteiger partial charge in [-0.05, 0) is 49.4 Å². The van der Waals surface area contributed by atoms with E-state index in [1.165, 1.54) is 42.5 Å². The van der Waals surface area contributed by atoms with Crippen LogP contribution in [0.25, 0.3) is 0 Å². The van der Waals surface area contributed by atoms with Crippen LogP contribution < -0.4 is 10.0 Å². The monoisotopic (exact) mass is 458 g/mol. The number of nitrogens with one attached hydrogen (secondary N) is 2. The Morgan fingerprint density at radius 3 is 2.29 bits per heavy atom. The second kappa shape index (κ2) is 9.63. The van der Waals surface area contributed by atoms with Gasteiger partial charge < -0.3 is 4.74 Å². The van der Waals surface area contributed by atoms with Crippen LogP contribution in [0.4, 0.5) is 16.2 Å². The molecule has 0 unspecified atom stereocenters. The largest absolute Gasteiger partial charge is 0.450 e. The molecule has 31 heavy (non-hydrogen) atoms. The lowest BCUT2D eigenvalue weighted by atomic mass is 10.0. The number of sulfonamides is 1. The fourth-order valence-corrected chi connectivity index (χ4v) is 4.00. The minimum absolute atomic E-state index is 0.0463. The smallest absolute Gasteiger partial charge is 0.411 e. The summed E-state index contributed by atoms with van der Waals surface area (Å²) in [5.74, 6) is -0.366. The second-order valence-corrected chi connectivity index (χ2v) is 8.48. The molecular weight excluding hydrogens is 440 g/mol. The van der Waals surface area contributed by atoms with E-state index in [1.54, 1.807) is 37.3 Å². The number of rotatable bonds is 7. The fraction of sp³-hybridized carbons (Fsp3) is 0.0909. The van der Waals surface area contributed by atoms with E-state index in [9.17, 15) is 18.0 Å². The molecule has 0 saturated carbocycles. The third kappa shape index (κ3) is 5.62. The molecule has 0 bridgehead atoms. The average molecular weight is 459 g/mol. The molecule has 2 N–H and O–H groups in total. The molecule has 0 atom stereocenters. The molecule has 160 valence electrons. The van der Waals surface area contributed by atoms with Gasteiger partial charge in [0, 0.05) is 21.8 Å². The summed E-state index contributed by atoms with van der Waals surface area (Å²) in [6, 6.07) is 18.4. The zero-order valence-corrected chi connectivity index (χ0v) is 18.0. The molecular formula is C22H19ClN2O5S. The molecule has 0 aliphatic rings. The van der Waals surface area contributed by atoms with Crippen LogP contribution in [-0.2, 0) is 14.8 Å². The average Bonchev–Trinajstić information content (AvgIpc) is 2.75. The van der Waals surface area contributed by atoms with Crippen molar-refractivity contribution in [3.8, 4) is 0 Å². The zero-order chi connectivity index (χ0) is 22.4. The highest BCUT2D eigenvalue weighted by molar-refractivity contribution is 7.92. The van der Waals surface area contributed by atoms with Gasteiger partial charge in [0.1, 0.15) is 0 Å². The Labute approximate surface area is 185 Å². The summed E-state index contributed by atoms with van der Waals surface area (Å²) in [5, 5.41) is 2.79. The van der Waals surface area contributed by atoms with Crippen molar-refractivity contribution in [3.05, 3.63) is 88.9 Å². The van der Waals surface area contributed by atoms with E-state index >= 15 is 0 Å². The third-order valence-corrected chi connectivity index (χ3v) is 5.81. The first-order chi connectivity index (χ1) is 14.8. The third-order valence-electron chi connectivity index (χ3n) is 4.19. The summed E-state index contributed by atoms with van der Waals surface area (Å²) in [4.78, 5) is 24.3. The van der Waals surface area contributed by atoms with E-state index in [1.807, 2.05) is 0 Å². The number of halogens is 1. The van der Waals surface area contributed by atoms with Crippen LogP contribution in [0.2, 0.25) is 5.02 Å². The number of amides is 1. The van der Waals surface area contributed by atoms with Crippen LogP contribution in [0.15, 0.2) is 77.7 Å². The Balaban J connectivity index is 1.86. The van der Waals surface area contributed by atoms with Crippen LogP contribution in [0.1, 0.15) is 22.8 Å². The highest BCUT2D eigenvalue weighted by Crippen LogP contribution is 2.26. The summed E-state index contributed by atoms with van der Waals surface area (Å²) in [6.45, 7) is 1.89. The number of hydrogen-bond acceptors (Lipinski definition) is 5. The molecule has 0 fully saturated rings. The quantitative estimate of drug-likeness (QED) is 0.488. The van der Waals surface area contributed by atoms with Gasteiger partial charge in [0.15, 0.2) is 5.78 Å². The summed E-state index contributed by atoms with van der Waals surface area (Å²) in [7, 11) is -4.01. The first-order valence-corrected chi connectivity index (χ1v) is 11.1. The van der Waals surface area contributed by atoms with Gasteiger partial charge >= 0.3 is 6.09 Å². The summed E-state index contributed by atoms with van der Waals surface area (Å²) >= 11 is 6.04. The van der Waals surface area contributed by atoms with Gasteiger partial charge in [0.2, 0.25) is 0 Å². The van der Waals surface area contributed by atoms with E-state index in [-0.39, 0.29) is 28.5 Å². The van der Waals surface area contributed by atoms with Crippen LogP contribution in [0.3, 0.4) is 0 Å². The normalized spacial score (nSPS) is 10.9. The van der Waals surface area contributed by atoms with Gasteiger partial charge in [-0.2, -0.15) is 0 Å². The SMILES string of the molecule is CCOC(=O)Nc1ccc(S(=O)(=O)Nc2ccc(Cl)cc2C(=O)c2ccccc2)cc1. The van der Waals surface area contributed by atoms with E-state index in [0.29, 0.717) is 16.3 Å². The highest BCUT2D eigenvalue weighted by Gasteiger charge is 2.20. The van der Waals surface area contributed by atoms with E-state index in [0.717, 1.165) is 0 Å². The number of anilines is 2. The van der Waals surface area contributed by atoms with Crippen LogP contribution in [0, 0.1) is 0 Å². The molecule has 0 radical (unpaired) electrons. The molecule has 0 saturated heterocycles. The molecule has 1 amide bonds. The van der Waals surface area contributed by atoms with Gasteiger partial charge in [-0.15, -0.1) is 0 Å². The van der Waals surface area contributed by atoms with E-state index < -0.39 is 16.1 Å². The summed E-state index contributed by atoms with van der Waals surface area (Å²) < 4.78 is 33.0.